The Hall–Kier alpha value is -3.03. The molecule has 5 N–H and O–H groups in total. The molecule has 0 aromatic carbocycles. The zero-order valence-electron chi connectivity index (χ0n) is 15.0. The van der Waals surface area contributed by atoms with E-state index in [9.17, 15) is 15.3 Å². The first-order chi connectivity index (χ1) is 13.4. The number of aliphatic hydroxyl groups excluding tert-OH is 2. The fourth-order valence-corrected chi connectivity index (χ4v) is 3.34. The van der Waals surface area contributed by atoms with Crippen molar-refractivity contribution in [3.8, 4) is 11.8 Å². The first-order valence-electron chi connectivity index (χ1n) is 8.64. The Bertz CT molecular complexity index is 1070. The third kappa shape index (κ3) is 2.89. The SMILES string of the molecule is CC1(O)C(n2cc(C#Cc3ccccn3)c3c(N)ncnc32)OC(CO)[C@H]1O. The highest BCUT2D eigenvalue weighted by molar-refractivity contribution is 5.92. The molecule has 1 aliphatic rings. The number of hydrogen-bond acceptors (Lipinski definition) is 8. The second-order valence-electron chi connectivity index (χ2n) is 6.75. The van der Waals surface area contributed by atoms with Crippen molar-refractivity contribution in [1.29, 1.82) is 0 Å². The Morgan fingerprint density at radius 2 is 2.11 bits per heavy atom. The summed E-state index contributed by atoms with van der Waals surface area (Å²) in [6.45, 7) is 1.00. The highest BCUT2D eigenvalue weighted by Gasteiger charge is 2.53. The maximum absolute atomic E-state index is 10.8. The summed E-state index contributed by atoms with van der Waals surface area (Å²) >= 11 is 0. The molecule has 1 aliphatic heterocycles. The van der Waals surface area contributed by atoms with Gasteiger partial charge >= 0.3 is 0 Å². The minimum atomic E-state index is -1.66. The predicted octanol–water partition coefficient (Wildman–Crippen LogP) is -0.190. The van der Waals surface area contributed by atoms with Crippen molar-refractivity contribution in [2.24, 2.45) is 0 Å². The van der Waals surface area contributed by atoms with Gasteiger partial charge in [-0.3, -0.25) is 0 Å². The zero-order chi connectivity index (χ0) is 19.9. The van der Waals surface area contributed by atoms with Gasteiger partial charge in [0, 0.05) is 12.4 Å². The van der Waals surface area contributed by atoms with E-state index in [4.69, 9.17) is 10.5 Å². The van der Waals surface area contributed by atoms with Gasteiger partial charge in [-0.15, -0.1) is 0 Å². The summed E-state index contributed by atoms with van der Waals surface area (Å²) in [6.07, 6.45) is 1.37. The molecule has 3 unspecified atom stereocenters. The van der Waals surface area contributed by atoms with E-state index < -0.39 is 30.6 Å². The van der Waals surface area contributed by atoms with Gasteiger partial charge in [-0.05, 0) is 25.0 Å². The average Bonchev–Trinajstić information content (AvgIpc) is 3.17. The summed E-state index contributed by atoms with van der Waals surface area (Å²) in [7, 11) is 0. The fraction of sp³-hybridized carbons (Fsp3) is 0.316. The van der Waals surface area contributed by atoms with Crippen LogP contribution in [0.25, 0.3) is 11.0 Å². The van der Waals surface area contributed by atoms with Crippen molar-refractivity contribution in [2.75, 3.05) is 12.3 Å². The van der Waals surface area contributed by atoms with E-state index in [1.165, 1.54) is 13.3 Å². The van der Waals surface area contributed by atoms with Gasteiger partial charge in [0.25, 0.3) is 0 Å². The predicted molar refractivity (Wildman–Crippen MR) is 99.8 cm³/mol. The molecule has 0 radical (unpaired) electrons. The summed E-state index contributed by atoms with van der Waals surface area (Å²) in [5.74, 6) is 6.19. The van der Waals surface area contributed by atoms with Crippen LogP contribution in [0.5, 0.6) is 0 Å². The van der Waals surface area contributed by atoms with Gasteiger partial charge in [0.15, 0.2) is 6.23 Å². The number of anilines is 1. The van der Waals surface area contributed by atoms with Crippen LogP contribution in [0.3, 0.4) is 0 Å². The third-order valence-electron chi connectivity index (χ3n) is 4.82. The standard InChI is InChI=1S/C19H19N5O4/c1-19(27)15(26)13(9-25)28-18(19)24-8-11(5-6-12-4-2-3-7-21-12)14-16(20)22-10-23-17(14)24/h2-4,7-8,10,13,15,18,25-27H,9H2,1H3,(H2,20,22,23)/t13?,15-,18?,19?/m1/s1. The normalized spacial score (nSPS) is 26.9. The molecule has 4 atom stereocenters. The Labute approximate surface area is 160 Å². The van der Waals surface area contributed by atoms with Crippen LogP contribution in [0.15, 0.2) is 36.9 Å². The molecular formula is C19H19N5O4. The number of ether oxygens (including phenoxy) is 1. The van der Waals surface area contributed by atoms with E-state index in [0.29, 0.717) is 22.3 Å². The van der Waals surface area contributed by atoms with E-state index in [2.05, 4.69) is 26.8 Å². The first-order valence-corrected chi connectivity index (χ1v) is 8.64. The van der Waals surface area contributed by atoms with E-state index in [1.807, 2.05) is 6.07 Å². The molecule has 0 bridgehead atoms. The number of nitrogen functional groups attached to an aromatic ring is 1. The van der Waals surface area contributed by atoms with Crippen LogP contribution in [-0.2, 0) is 4.74 Å². The van der Waals surface area contributed by atoms with Gasteiger partial charge in [0.2, 0.25) is 0 Å². The average molecular weight is 381 g/mol. The molecule has 0 saturated carbocycles. The summed E-state index contributed by atoms with van der Waals surface area (Å²) < 4.78 is 7.25. The maximum Gasteiger partial charge on any atom is 0.167 e. The Morgan fingerprint density at radius 3 is 2.79 bits per heavy atom. The second kappa shape index (κ2) is 6.85. The lowest BCUT2D eigenvalue weighted by Crippen LogP contribution is -2.44. The number of nitrogens with zero attached hydrogens (tertiary/aromatic N) is 4. The number of fused-ring (bicyclic) bond motifs is 1. The molecule has 1 saturated heterocycles. The number of rotatable bonds is 2. The van der Waals surface area contributed by atoms with Gasteiger partial charge < -0.3 is 30.4 Å². The molecule has 4 rings (SSSR count). The van der Waals surface area contributed by atoms with Crippen LogP contribution in [0.4, 0.5) is 5.82 Å². The molecule has 0 spiro atoms. The molecule has 144 valence electrons. The monoisotopic (exact) mass is 381 g/mol. The van der Waals surface area contributed by atoms with Crippen LogP contribution in [0.2, 0.25) is 0 Å². The Balaban J connectivity index is 1.85. The maximum atomic E-state index is 10.8. The minimum absolute atomic E-state index is 0.228. The van der Waals surface area contributed by atoms with Crippen molar-refractivity contribution in [2.45, 2.75) is 31.0 Å². The Kier molecular flexibility index (Phi) is 4.49. The molecule has 28 heavy (non-hydrogen) atoms. The summed E-state index contributed by atoms with van der Waals surface area (Å²) in [5.41, 5.74) is 5.89. The van der Waals surface area contributed by atoms with E-state index in [0.717, 1.165) is 0 Å². The summed E-state index contributed by atoms with van der Waals surface area (Å²) in [4.78, 5) is 12.4. The molecule has 9 nitrogen and oxygen atoms in total. The quantitative estimate of drug-likeness (QED) is 0.448. The summed E-state index contributed by atoms with van der Waals surface area (Å²) in [6, 6.07) is 5.40. The third-order valence-corrected chi connectivity index (χ3v) is 4.82. The largest absolute Gasteiger partial charge is 0.394 e. The lowest BCUT2D eigenvalue weighted by molar-refractivity contribution is -0.0948. The Morgan fingerprint density at radius 1 is 1.29 bits per heavy atom. The molecule has 3 aromatic heterocycles. The van der Waals surface area contributed by atoms with Crippen molar-refractivity contribution in [3.05, 3.63) is 48.2 Å². The van der Waals surface area contributed by atoms with Crippen molar-refractivity contribution in [3.63, 3.8) is 0 Å². The van der Waals surface area contributed by atoms with E-state index in [1.54, 1.807) is 29.1 Å². The van der Waals surface area contributed by atoms with Crippen LogP contribution in [0, 0.1) is 11.8 Å². The minimum Gasteiger partial charge on any atom is -0.394 e. The fourth-order valence-electron chi connectivity index (χ4n) is 3.34. The van der Waals surface area contributed by atoms with Crippen LogP contribution >= 0.6 is 0 Å². The van der Waals surface area contributed by atoms with Crippen LogP contribution in [-0.4, -0.2) is 59.3 Å². The van der Waals surface area contributed by atoms with Gasteiger partial charge in [0.1, 0.15) is 41.3 Å². The smallest absolute Gasteiger partial charge is 0.167 e. The van der Waals surface area contributed by atoms with Gasteiger partial charge in [-0.2, -0.15) is 0 Å². The molecule has 3 aromatic rings. The van der Waals surface area contributed by atoms with Crippen molar-refractivity contribution >= 4 is 16.9 Å². The first kappa shape index (κ1) is 18.3. The topological polar surface area (TPSA) is 140 Å². The molecular weight excluding hydrogens is 362 g/mol. The van der Waals surface area contributed by atoms with Crippen molar-refractivity contribution in [1.82, 2.24) is 19.5 Å². The number of nitrogens with two attached hydrogens (primary N) is 1. The second-order valence-corrected chi connectivity index (χ2v) is 6.75. The highest BCUT2D eigenvalue weighted by Crippen LogP contribution is 2.40. The van der Waals surface area contributed by atoms with Crippen LogP contribution in [0.1, 0.15) is 24.4 Å². The summed E-state index contributed by atoms with van der Waals surface area (Å²) in [5, 5.41) is 31.0. The molecule has 4 heterocycles. The lowest BCUT2D eigenvalue weighted by atomic mass is 9.96. The van der Waals surface area contributed by atoms with E-state index in [-0.39, 0.29) is 5.82 Å². The number of aliphatic hydroxyl groups is 3. The number of pyridine rings is 1. The van der Waals surface area contributed by atoms with Crippen LogP contribution < -0.4 is 5.73 Å². The van der Waals surface area contributed by atoms with Gasteiger partial charge in [-0.25, -0.2) is 15.0 Å². The molecule has 9 heteroatoms. The van der Waals surface area contributed by atoms with Gasteiger partial charge in [-0.1, -0.05) is 12.0 Å². The molecule has 0 aliphatic carbocycles. The van der Waals surface area contributed by atoms with E-state index >= 15 is 0 Å². The van der Waals surface area contributed by atoms with Gasteiger partial charge in [0.05, 0.1) is 17.6 Å². The molecule has 1 fully saturated rings. The molecule has 0 amide bonds. The lowest BCUT2D eigenvalue weighted by Gasteiger charge is -2.27. The number of aromatic nitrogens is 4. The highest BCUT2D eigenvalue weighted by atomic mass is 16.6. The van der Waals surface area contributed by atoms with Crippen molar-refractivity contribution < 1.29 is 20.1 Å². The number of hydrogen-bond donors (Lipinski definition) is 4. The zero-order valence-corrected chi connectivity index (χ0v) is 15.0.